The minimum Gasteiger partial charge on any atom is -0.469 e. The Morgan fingerprint density at radius 1 is 1.42 bits per heavy atom. The number of methoxy groups -OCH3 is 1. The second-order valence-corrected chi connectivity index (χ2v) is 6.72. The third-order valence-corrected chi connectivity index (χ3v) is 5.26. The van der Waals surface area contributed by atoms with E-state index in [2.05, 4.69) is 9.46 Å². The average molecular weight is 293 g/mol. The monoisotopic (exact) mass is 293 g/mol. The highest BCUT2D eigenvalue weighted by Crippen LogP contribution is 2.29. The average Bonchev–Trinajstić information content (AvgIpc) is 2.83. The summed E-state index contributed by atoms with van der Waals surface area (Å²) in [6, 6.07) is 0. The van der Waals surface area contributed by atoms with Crippen molar-refractivity contribution < 1.29 is 17.9 Å². The molecule has 1 rings (SSSR count). The van der Waals surface area contributed by atoms with Crippen LogP contribution >= 0.6 is 0 Å². The van der Waals surface area contributed by atoms with E-state index in [1.54, 1.807) is 0 Å². The minimum absolute atomic E-state index is 0.0313. The topological polar surface area (TPSA) is 102 Å². The third-order valence-electron chi connectivity index (χ3n) is 3.57. The molecule has 0 aromatic carbocycles. The van der Waals surface area contributed by atoms with E-state index in [-0.39, 0.29) is 19.5 Å². The molecule has 19 heavy (non-hydrogen) atoms. The van der Waals surface area contributed by atoms with Crippen LogP contribution in [0.5, 0.6) is 0 Å². The normalized spacial score (nSPS) is 18.7. The fourth-order valence-corrected chi connectivity index (χ4v) is 3.54. The first-order chi connectivity index (χ1) is 8.85. The maximum atomic E-state index is 12.2. The van der Waals surface area contributed by atoms with Crippen LogP contribution in [0.15, 0.2) is 0 Å². The van der Waals surface area contributed by atoms with E-state index in [9.17, 15) is 13.2 Å². The Labute approximate surface area is 114 Å². The standard InChI is InChI=1S/C11H23N3O4S/c1-14(8-5-10(15)18-2)19(16,17)13-11(9-12)6-3-4-7-11/h13H,3-9,12H2,1-2H3. The van der Waals surface area contributed by atoms with Gasteiger partial charge in [0.1, 0.15) is 0 Å². The molecule has 0 saturated heterocycles. The maximum absolute atomic E-state index is 12.2. The van der Waals surface area contributed by atoms with Crippen molar-refractivity contribution >= 4 is 16.2 Å². The van der Waals surface area contributed by atoms with E-state index in [4.69, 9.17) is 5.73 Å². The van der Waals surface area contributed by atoms with Crippen LogP contribution in [0.3, 0.4) is 0 Å². The summed E-state index contributed by atoms with van der Waals surface area (Å²) in [4.78, 5) is 11.0. The lowest BCUT2D eigenvalue weighted by Gasteiger charge is -2.30. The quantitative estimate of drug-likeness (QED) is 0.621. The summed E-state index contributed by atoms with van der Waals surface area (Å²) < 4.78 is 32.6. The summed E-state index contributed by atoms with van der Waals surface area (Å²) in [5.74, 6) is -0.434. The number of ether oxygens (including phenoxy) is 1. The number of esters is 1. The van der Waals surface area contributed by atoms with Crippen LogP contribution in [0.4, 0.5) is 0 Å². The summed E-state index contributed by atoms with van der Waals surface area (Å²) in [6.45, 7) is 0.375. The molecule has 0 aromatic rings. The Balaban J connectivity index is 2.61. The second-order valence-electron chi connectivity index (χ2n) is 4.95. The number of nitrogens with two attached hydrogens (primary N) is 1. The molecule has 1 fully saturated rings. The molecule has 0 amide bonds. The first kappa shape index (κ1) is 16.4. The van der Waals surface area contributed by atoms with Gasteiger partial charge in [-0.3, -0.25) is 4.79 Å². The van der Waals surface area contributed by atoms with E-state index in [1.807, 2.05) is 0 Å². The second kappa shape index (κ2) is 6.65. The highest BCUT2D eigenvalue weighted by molar-refractivity contribution is 7.87. The van der Waals surface area contributed by atoms with Crippen molar-refractivity contribution in [3.8, 4) is 0 Å². The molecule has 1 aliphatic rings. The van der Waals surface area contributed by atoms with E-state index < -0.39 is 21.7 Å². The fourth-order valence-electron chi connectivity index (χ4n) is 2.22. The fraction of sp³-hybridized carbons (Fsp3) is 0.909. The van der Waals surface area contributed by atoms with Gasteiger partial charge in [0.25, 0.3) is 10.2 Å². The third kappa shape index (κ3) is 4.41. The molecular weight excluding hydrogens is 270 g/mol. The highest BCUT2D eigenvalue weighted by Gasteiger charge is 2.37. The van der Waals surface area contributed by atoms with Crippen LogP contribution in [-0.4, -0.2) is 51.5 Å². The van der Waals surface area contributed by atoms with Gasteiger partial charge in [-0.15, -0.1) is 0 Å². The Morgan fingerprint density at radius 3 is 2.47 bits per heavy atom. The van der Waals surface area contributed by atoms with E-state index >= 15 is 0 Å². The van der Waals surface area contributed by atoms with Gasteiger partial charge in [-0.2, -0.15) is 17.4 Å². The predicted octanol–water partition coefficient (Wildman–Crippen LogP) is -0.413. The maximum Gasteiger partial charge on any atom is 0.306 e. The van der Waals surface area contributed by atoms with Gasteiger partial charge in [-0.1, -0.05) is 12.8 Å². The van der Waals surface area contributed by atoms with Crippen molar-refractivity contribution in [3.63, 3.8) is 0 Å². The number of nitrogens with one attached hydrogen (secondary N) is 1. The zero-order valence-electron chi connectivity index (χ0n) is 11.5. The Bertz CT molecular complexity index is 404. The molecule has 0 radical (unpaired) electrons. The molecule has 1 saturated carbocycles. The molecule has 8 heteroatoms. The van der Waals surface area contributed by atoms with Crippen molar-refractivity contribution in [1.29, 1.82) is 0 Å². The number of nitrogens with zero attached hydrogens (tertiary/aromatic N) is 1. The molecule has 0 unspecified atom stereocenters. The number of carbonyl (C=O) groups is 1. The molecular formula is C11H23N3O4S. The van der Waals surface area contributed by atoms with E-state index in [0.717, 1.165) is 30.0 Å². The van der Waals surface area contributed by atoms with Gasteiger partial charge >= 0.3 is 5.97 Å². The van der Waals surface area contributed by atoms with Crippen LogP contribution in [0.1, 0.15) is 32.1 Å². The SMILES string of the molecule is COC(=O)CCN(C)S(=O)(=O)NC1(CN)CCCC1. The van der Waals surface area contributed by atoms with Crippen molar-refractivity contribution in [3.05, 3.63) is 0 Å². The lowest BCUT2D eigenvalue weighted by molar-refractivity contribution is -0.140. The molecule has 0 aromatic heterocycles. The Kier molecular flexibility index (Phi) is 5.72. The molecule has 0 bridgehead atoms. The molecule has 1 aliphatic carbocycles. The highest BCUT2D eigenvalue weighted by atomic mass is 32.2. The van der Waals surface area contributed by atoms with E-state index in [0.29, 0.717) is 0 Å². The first-order valence-electron chi connectivity index (χ1n) is 6.37. The minimum atomic E-state index is -3.62. The summed E-state index contributed by atoms with van der Waals surface area (Å²) in [7, 11) is -0.913. The number of hydrogen-bond donors (Lipinski definition) is 2. The van der Waals surface area contributed by atoms with Crippen LogP contribution in [-0.2, 0) is 19.7 Å². The zero-order valence-corrected chi connectivity index (χ0v) is 12.3. The van der Waals surface area contributed by atoms with Gasteiger partial charge in [-0.05, 0) is 12.8 Å². The Hall–Kier alpha value is -0.700. The smallest absolute Gasteiger partial charge is 0.306 e. The summed E-state index contributed by atoms with van der Waals surface area (Å²) in [5, 5.41) is 0. The molecule has 112 valence electrons. The van der Waals surface area contributed by atoms with Crippen LogP contribution < -0.4 is 10.5 Å². The van der Waals surface area contributed by atoms with Crippen molar-refractivity contribution in [2.75, 3.05) is 27.2 Å². The van der Waals surface area contributed by atoms with Gasteiger partial charge in [0.05, 0.1) is 13.5 Å². The zero-order chi connectivity index (χ0) is 14.5. The lowest BCUT2D eigenvalue weighted by Crippen LogP contribution is -2.55. The predicted molar refractivity (Wildman–Crippen MR) is 71.6 cm³/mol. The van der Waals surface area contributed by atoms with Crippen molar-refractivity contribution in [2.45, 2.75) is 37.6 Å². The first-order valence-corrected chi connectivity index (χ1v) is 7.81. The molecule has 0 spiro atoms. The number of rotatable bonds is 7. The largest absolute Gasteiger partial charge is 0.469 e. The van der Waals surface area contributed by atoms with Crippen molar-refractivity contribution in [1.82, 2.24) is 9.03 Å². The van der Waals surface area contributed by atoms with Crippen LogP contribution in [0.2, 0.25) is 0 Å². The van der Waals surface area contributed by atoms with Crippen LogP contribution in [0.25, 0.3) is 0 Å². The Morgan fingerprint density at radius 2 is 2.00 bits per heavy atom. The molecule has 7 nitrogen and oxygen atoms in total. The number of hydrogen-bond acceptors (Lipinski definition) is 5. The van der Waals surface area contributed by atoms with E-state index in [1.165, 1.54) is 14.2 Å². The molecule has 0 atom stereocenters. The molecule has 3 N–H and O–H groups in total. The summed E-state index contributed by atoms with van der Waals surface area (Å²) in [5.41, 5.74) is 5.17. The molecule has 0 aliphatic heterocycles. The summed E-state index contributed by atoms with van der Waals surface area (Å²) >= 11 is 0. The van der Waals surface area contributed by atoms with Crippen LogP contribution in [0, 0.1) is 0 Å². The van der Waals surface area contributed by atoms with Gasteiger partial charge < -0.3 is 10.5 Å². The van der Waals surface area contributed by atoms with Gasteiger partial charge in [-0.25, -0.2) is 0 Å². The summed E-state index contributed by atoms with van der Waals surface area (Å²) in [6.07, 6.45) is 3.50. The van der Waals surface area contributed by atoms with Crippen molar-refractivity contribution in [2.24, 2.45) is 5.73 Å². The number of carbonyl (C=O) groups excluding carboxylic acids is 1. The van der Waals surface area contributed by atoms with Gasteiger partial charge in [0, 0.05) is 25.7 Å². The lowest BCUT2D eigenvalue weighted by atomic mass is 10.0. The molecule has 0 heterocycles. The van der Waals surface area contributed by atoms with Gasteiger partial charge in [0.15, 0.2) is 0 Å². The van der Waals surface area contributed by atoms with Gasteiger partial charge in [0.2, 0.25) is 0 Å².